The second-order valence-electron chi connectivity index (χ2n) is 4.10. The van der Waals surface area contributed by atoms with Crippen molar-refractivity contribution in [1.82, 2.24) is 5.32 Å². The van der Waals surface area contributed by atoms with Crippen molar-refractivity contribution in [3.05, 3.63) is 28.2 Å². The highest BCUT2D eigenvalue weighted by Gasteiger charge is 2.16. The van der Waals surface area contributed by atoms with Crippen LogP contribution in [0.25, 0.3) is 0 Å². The van der Waals surface area contributed by atoms with Gasteiger partial charge >= 0.3 is 0 Å². The third-order valence-corrected chi connectivity index (χ3v) is 3.58. The highest BCUT2D eigenvalue weighted by molar-refractivity contribution is 9.10. The minimum Gasteiger partial charge on any atom is -0.497 e. The fourth-order valence-corrected chi connectivity index (χ4v) is 2.14. The van der Waals surface area contributed by atoms with Gasteiger partial charge in [-0.15, -0.1) is 0 Å². The number of aliphatic hydroxyl groups excluding tert-OH is 1. The van der Waals surface area contributed by atoms with Crippen molar-refractivity contribution in [3.8, 4) is 5.75 Å². The maximum atomic E-state index is 9.49. The lowest BCUT2D eigenvalue weighted by molar-refractivity contribution is 0.233. The van der Waals surface area contributed by atoms with E-state index < -0.39 is 0 Å². The molecule has 0 spiro atoms. The summed E-state index contributed by atoms with van der Waals surface area (Å²) in [5.41, 5.74) is 1.02. The fraction of sp³-hybridized carbons (Fsp3) is 0.538. The van der Waals surface area contributed by atoms with Crippen molar-refractivity contribution in [2.75, 3.05) is 13.7 Å². The summed E-state index contributed by atoms with van der Waals surface area (Å²) in [6.45, 7) is 4.29. The zero-order valence-electron chi connectivity index (χ0n) is 10.5. The number of rotatable bonds is 6. The van der Waals surface area contributed by atoms with Crippen molar-refractivity contribution < 1.29 is 9.84 Å². The van der Waals surface area contributed by atoms with E-state index in [2.05, 4.69) is 35.1 Å². The summed E-state index contributed by atoms with van der Waals surface area (Å²) in [7, 11) is 1.64. The van der Waals surface area contributed by atoms with Gasteiger partial charge < -0.3 is 15.2 Å². The Hall–Kier alpha value is -0.580. The van der Waals surface area contributed by atoms with Crippen LogP contribution >= 0.6 is 15.9 Å². The molecule has 1 aromatic rings. The first-order valence-electron chi connectivity index (χ1n) is 5.82. The smallest absolute Gasteiger partial charge is 0.119 e. The molecule has 0 saturated carbocycles. The van der Waals surface area contributed by atoms with Crippen molar-refractivity contribution >= 4 is 15.9 Å². The largest absolute Gasteiger partial charge is 0.497 e. The Morgan fingerprint density at radius 3 is 2.71 bits per heavy atom. The highest BCUT2D eigenvalue weighted by atomic mass is 79.9. The number of nitrogens with one attached hydrogen (secondary N) is 1. The summed E-state index contributed by atoms with van der Waals surface area (Å²) in [6.07, 6.45) is 1.03. The van der Waals surface area contributed by atoms with Gasteiger partial charge in [0.1, 0.15) is 5.75 Å². The van der Waals surface area contributed by atoms with Gasteiger partial charge in [-0.1, -0.05) is 22.9 Å². The standard InChI is InChI=1S/C13H20BrNO2/c1-4-9(2)15-13(8-16)11-7-10(17-3)5-6-12(11)14/h5-7,9,13,15-16H,4,8H2,1-3H3. The number of hydrogen-bond donors (Lipinski definition) is 2. The van der Waals surface area contributed by atoms with Crippen LogP contribution in [0.15, 0.2) is 22.7 Å². The number of ether oxygens (including phenoxy) is 1. The Balaban J connectivity index is 2.93. The SMILES string of the molecule is CCC(C)NC(CO)c1cc(OC)ccc1Br. The molecule has 17 heavy (non-hydrogen) atoms. The molecule has 0 amide bonds. The average Bonchev–Trinajstić information content (AvgIpc) is 2.36. The van der Waals surface area contributed by atoms with Gasteiger partial charge in [-0.05, 0) is 37.1 Å². The van der Waals surface area contributed by atoms with Gasteiger partial charge in [-0.25, -0.2) is 0 Å². The quantitative estimate of drug-likeness (QED) is 0.849. The van der Waals surface area contributed by atoms with Crippen LogP contribution in [0, 0.1) is 0 Å². The maximum absolute atomic E-state index is 9.49. The molecule has 3 nitrogen and oxygen atoms in total. The number of halogens is 1. The lowest BCUT2D eigenvalue weighted by Crippen LogP contribution is -2.32. The highest BCUT2D eigenvalue weighted by Crippen LogP contribution is 2.28. The molecule has 0 aliphatic heterocycles. The molecule has 0 heterocycles. The number of aliphatic hydroxyl groups is 1. The fourth-order valence-electron chi connectivity index (χ4n) is 1.62. The van der Waals surface area contributed by atoms with Crippen molar-refractivity contribution in [2.24, 2.45) is 0 Å². The van der Waals surface area contributed by atoms with E-state index in [1.54, 1.807) is 7.11 Å². The van der Waals surface area contributed by atoms with Gasteiger partial charge in [0.15, 0.2) is 0 Å². The minimum atomic E-state index is -0.0746. The first-order valence-corrected chi connectivity index (χ1v) is 6.62. The third kappa shape index (κ3) is 3.98. The normalized spacial score (nSPS) is 14.4. The van der Waals surface area contributed by atoms with Gasteiger partial charge in [-0.3, -0.25) is 0 Å². The van der Waals surface area contributed by atoms with Crippen LogP contribution in [0.5, 0.6) is 5.75 Å². The lowest BCUT2D eigenvalue weighted by Gasteiger charge is -2.22. The first-order chi connectivity index (χ1) is 8.12. The summed E-state index contributed by atoms with van der Waals surface area (Å²) in [6, 6.07) is 6.07. The van der Waals surface area contributed by atoms with E-state index in [4.69, 9.17) is 4.74 Å². The van der Waals surface area contributed by atoms with Gasteiger partial charge in [0.2, 0.25) is 0 Å². The number of methoxy groups -OCH3 is 1. The number of benzene rings is 1. The summed E-state index contributed by atoms with van der Waals surface area (Å²) < 4.78 is 6.19. The summed E-state index contributed by atoms with van der Waals surface area (Å²) in [5.74, 6) is 0.799. The van der Waals surface area contributed by atoms with Crippen molar-refractivity contribution in [3.63, 3.8) is 0 Å². The van der Waals surface area contributed by atoms with E-state index >= 15 is 0 Å². The van der Waals surface area contributed by atoms with E-state index in [1.807, 2.05) is 18.2 Å². The topological polar surface area (TPSA) is 41.5 Å². The number of hydrogen-bond acceptors (Lipinski definition) is 3. The van der Waals surface area contributed by atoms with Crippen LogP contribution < -0.4 is 10.1 Å². The molecule has 2 atom stereocenters. The molecule has 0 aliphatic rings. The molecule has 96 valence electrons. The molecule has 0 saturated heterocycles. The van der Waals surface area contributed by atoms with Gasteiger partial charge in [0.25, 0.3) is 0 Å². The van der Waals surface area contributed by atoms with Crippen LogP contribution in [-0.4, -0.2) is 24.9 Å². The van der Waals surface area contributed by atoms with E-state index in [0.29, 0.717) is 6.04 Å². The Kier molecular flexibility index (Phi) is 5.95. The summed E-state index contributed by atoms with van der Waals surface area (Å²) in [4.78, 5) is 0. The molecule has 2 unspecified atom stereocenters. The second-order valence-corrected chi connectivity index (χ2v) is 4.95. The van der Waals surface area contributed by atoms with Crippen molar-refractivity contribution in [2.45, 2.75) is 32.4 Å². The molecule has 0 bridgehead atoms. The van der Waals surface area contributed by atoms with Crippen LogP contribution in [0.2, 0.25) is 0 Å². The molecular formula is C13H20BrNO2. The zero-order valence-corrected chi connectivity index (χ0v) is 12.1. The predicted octanol–water partition coefficient (Wildman–Crippen LogP) is 2.88. The van der Waals surface area contributed by atoms with E-state index in [-0.39, 0.29) is 12.6 Å². The molecular weight excluding hydrogens is 282 g/mol. The van der Waals surface area contributed by atoms with E-state index in [0.717, 1.165) is 22.2 Å². The van der Waals surface area contributed by atoms with Gasteiger partial charge in [0.05, 0.1) is 19.8 Å². The van der Waals surface area contributed by atoms with E-state index in [1.165, 1.54) is 0 Å². The maximum Gasteiger partial charge on any atom is 0.119 e. The predicted molar refractivity (Wildman–Crippen MR) is 73.4 cm³/mol. The van der Waals surface area contributed by atoms with Crippen molar-refractivity contribution in [1.29, 1.82) is 0 Å². The Morgan fingerprint density at radius 2 is 2.18 bits per heavy atom. The second kappa shape index (κ2) is 6.99. The molecule has 4 heteroatoms. The lowest BCUT2D eigenvalue weighted by atomic mass is 10.1. The summed E-state index contributed by atoms with van der Waals surface area (Å²) >= 11 is 3.51. The van der Waals surface area contributed by atoms with Crippen LogP contribution in [0.4, 0.5) is 0 Å². The third-order valence-electron chi connectivity index (χ3n) is 2.86. The Bertz CT molecular complexity index is 357. The molecule has 1 aromatic carbocycles. The van der Waals surface area contributed by atoms with Gasteiger partial charge in [-0.2, -0.15) is 0 Å². The average molecular weight is 302 g/mol. The molecule has 0 radical (unpaired) electrons. The molecule has 2 N–H and O–H groups in total. The van der Waals surface area contributed by atoms with Gasteiger partial charge in [0, 0.05) is 10.5 Å². The molecule has 0 aromatic heterocycles. The molecule has 1 rings (SSSR count). The zero-order chi connectivity index (χ0) is 12.8. The molecule has 0 fully saturated rings. The Morgan fingerprint density at radius 1 is 1.47 bits per heavy atom. The molecule has 0 aliphatic carbocycles. The van der Waals surface area contributed by atoms with Crippen LogP contribution in [-0.2, 0) is 0 Å². The van der Waals surface area contributed by atoms with E-state index in [9.17, 15) is 5.11 Å². The van der Waals surface area contributed by atoms with Crippen LogP contribution in [0.1, 0.15) is 31.9 Å². The monoisotopic (exact) mass is 301 g/mol. The Labute approximate surface area is 111 Å². The van der Waals surface area contributed by atoms with Crippen LogP contribution in [0.3, 0.4) is 0 Å². The first kappa shape index (κ1) is 14.5. The minimum absolute atomic E-state index is 0.0656. The summed E-state index contributed by atoms with van der Waals surface area (Å²) in [5, 5.41) is 12.9.